The molecule has 1 saturated heterocycles. The topological polar surface area (TPSA) is 32.8 Å². The van der Waals surface area contributed by atoms with Crippen LogP contribution >= 0.6 is 0 Å². The van der Waals surface area contributed by atoms with Gasteiger partial charge in [-0.1, -0.05) is 6.92 Å². The standard InChI is InChI=1S/C9H17N2O2/c1-3-4-10-5-7-11(8-6-10)9(12)13-2/h1,3-8H2,2H3. The van der Waals surface area contributed by atoms with E-state index in [4.69, 9.17) is 0 Å². The van der Waals surface area contributed by atoms with Crippen molar-refractivity contribution in [2.24, 2.45) is 0 Å². The summed E-state index contributed by atoms with van der Waals surface area (Å²) in [5.74, 6) is 0. The van der Waals surface area contributed by atoms with Crippen LogP contribution in [0.2, 0.25) is 0 Å². The predicted molar refractivity (Wildman–Crippen MR) is 50.4 cm³/mol. The maximum Gasteiger partial charge on any atom is 0.409 e. The van der Waals surface area contributed by atoms with Crippen LogP contribution in [0.5, 0.6) is 0 Å². The highest BCUT2D eigenvalue weighted by Gasteiger charge is 2.20. The number of nitrogens with zero attached hydrogens (tertiary/aromatic N) is 2. The molecule has 75 valence electrons. The van der Waals surface area contributed by atoms with Gasteiger partial charge < -0.3 is 9.64 Å². The first-order chi connectivity index (χ1) is 6.27. The molecule has 0 bridgehead atoms. The molecule has 0 aromatic heterocycles. The van der Waals surface area contributed by atoms with Crippen LogP contribution < -0.4 is 0 Å². The number of amides is 1. The van der Waals surface area contributed by atoms with E-state index in [-0.39, 0.29) is 6.09 Å². The highest BCUT2D eigenvalue weighted by Crippen LogP contribution is 2.03. The van der Waals surface area contributed by atoms with E-state index in [0.29, 0.717) is 0 Å². The first-order valence-corrected chi connectivity index (χ1v) is 4.62. The number of hydrogen-bond acceptors (Lipinski definition) is 3. The molecule has 0 aromatic carbocycles. The van der Waals surface area contributed by atoms with E-state index < -0.39 is 0 Å². The SMILES string of the molecule is [CH2]CCN1CCN(C(=O)OC)CC1. The lowest BCUT2D eigenvalue weighted by Gasteiger charge is -2.33. The third-order valence-corrected chi connectivity index (χ3v) is 2.28. The molecule has 0 N–H and O–H groups in total. The van der Waals surface area contributed by atoms with Gasteiger partial charge in [0.25, 0.3) is 0 Å². The molecule has 0 atom stereocenters. The summed E-state index contributed by atoms with van der Waals surface area (Å²) in [4.78, 5) is 15.2. The fraction of sp³-hybridized carbons (Fsp3) is 0.778. The zero-order chi connectivity index (χ0) is 9.68. The molecule has 1 heterocycles. The van der Waals surface area contributed by atoms with Gasteiger partial charge in [0, 0.05) is 26.2 Å². The lowest BCUT2D eigenvalue weighted by molar-refractivity contribution is 0.0916. The van der Waals surface area contributed by atoms with Gasteiger partial charge in [-0.2, -0.15) is 0 Å². The molecular formula is C9H17N2O2. The highest BCUT2D eigenvalue weighted by molar-refractivity contribution is 5.67. The lowest BCUT2D eigenvalue weighted by Crippen LogP contribution is -2.48. The summed E-state index contributed by atoms with van der Waals surface area (Å²) in [5, 5.41) is 0. The van der Waals surface area contributed by atoms with E-state index in [0.717, 1.165) is 39.1 Å². The van der Waals surface area contributed by atoms with Crippen LogP contribution in [-0.2, 0) is 4.74 Å². The molecular weight excluding hydrogens is 168 g/mol. The molecule has 1 aliphatic heterocycles. The second kappa shape index (κ2) is 5.07. The van der Waals surface area contributed by atoms with E-state index in [1.54, 1.807) is 4.90 Å². The van der Waals surface area contributed by atoms with Crippen LogP contribution in [0.25, 0.3) is 0 Å². The maximum absolute atomic E-state index is 11.1. The Balaban J connectivity index is 2.26. The number of methoxy groups -OCH3 is 1. The van der Waals surface area contributed by atoms with Crippen LogP contribution in [0.4, 0.5) is 4.79 Å². The van der Waals surface area contributed by atoms with Gasteiger partial charge in [-0.25, -0.2) is 4.79 Å². The largest absolute Gasteiger partial charge is 0.453 e. The van der Waals surface area contributed by atoms with Crippen molar-refractivity contribution < 1.29 is 9.53 Å². The summed E-state index contributed by atoms with van der Waals surface area (Å²) in [6.45, 7) is 8.24. The Hall–Kier alpha value is -0.770. The molecule has 1 rings (SSSR count). The zero-order valence-electron chi connectivity index (χ0n) is 8.16. The Labute approximate surface area is 79.4 Å². The molecule has 1 amide bonds. The van der Waals surface area contributed by atoms with Gasteiger partial charge >= 0.3 is 6.09 Å². The van der Waals surface area contributed by atoms with Gasteiger partial charge in [0.1, 0.15) is 0 Å². The van der Waals surface area contributed by atoms with Gasteiger partial charge in [0.05, 0.1) is 7.11 Å². The van der Waals surface area contributed by atoms with Crippen LogP contribution in [0, 0.1) is 6.92 Å². The minimum atomic E-state index is -0.214. The van der Waals surface area contributed by atoms with Gasteiger partial charge in [-0.05, 0) is 13.0 Å². The van der Waals surface area contributed by atoms with Crippen LogP contribution in [0.1, 0.15) is 6.42 Å². The minimum absolute atomic E-state index is 0.214. The third-order valence-electron chi connectivity index (χ3n) is 2.28. The van der Waals surface area contributed by atoms with E-state index in [2.05, 4.69) is 16.6 Å². The molecule has 0 unspecified atom stereocenters. The minimum Gasteiger partial charge on any atom is -0.453 e. The van der Waals surface area contributed by atoms with Crippen molar-refractivity contribution in [3.63, 3.8) is 0 Å². The third kappa shape index (κ3) is 2.88. The van der Waals surface area contributed by atoms with Crippen molar-refractivity contribution in [1.29, 1.82) is 0 Å². The lowest BCUT2D eigenvalue weighted by atomic mass is 10.3. The van der Waals surface area contributed by atoms with Crippen molar-refractivity contribution >= 4 is 6.09 Å². The fourth-order valence-electron chi connectivity index (χ4n) is 1.51. The average molecular weight is 185 g/mol. The molecule has 0 aromatic rings. The fourth-order valence-corrected chi connectivity index (χ4v) is 1.51. The van der Waals surface area contributed by atoms with Crippen LogP contribution in [0.15, 0.2) is 0 Å². The summed E-state index contributed by atoms with van der Waals surface area (Å²) in [6, 6.07) is 0. The van der Waals surface area contributed by atoms with Gasteiger partial charge in [0.15, 0.2) is 0 Å². The highest BCUT2D eigenvalue weighted by atomic mass is 16.5. The molecule has 1 aliphatic rings. The normalized spacial score (nSPS) is 18.8. The average Bonchev–Trinajstić information content (AvgIpc) is 2.18. The summed E-state index contributed by atoms with van der Waals surface area (Å²) < 4.78 is 4.64. The predicted octanol–water partition coefficient (Wildman–Crippen LogP) is 0.595. The van der Waals surface area contributed by atoms with Gasteiger partial charge in [-0.15, -0.1) is 0 Å². The monoisotopic (exact) mass is 185 g/mol. The molecule has 0 aliphatic carbocycles. The second-order valence-corrected chi connectivity index (χ2v) is 3.15. The van der Waals surface area contributed by atoms with Crippen LogP contribution in [-0.4, -0.2) is 55.7 Å². The van der Waals surface area contributed by atoms with E-state index in [9.17, 15) is 4.79 Å². The van der Waals surface area contributed by atoms with Crippen molar-refractivity contribution in [3.8, 4) is 0 Å². The summed E-state index contributed by atoms with van der Waals surface area (Å²) in [6.07, 6.45) is 0.715. The molecule has 13 heavy (non-hydrogen) atoms. The Morgan fingerprint density at radius 2 is 2.00 bits per heavy atom. The molecule has 0 spiro atoms. The zero-order valence-corrected chi connectivity index (χ0v) is 8.16. The Morgan fingerprint density at radius 1 is 1.38 bits per heavy atom. The van der Waals surface area contributed by atoms with E-state index in [1.807, 2.05) is 0 Å². The first-order valence-electron chi connectivity index (χ1n) is 4.62. The Morgan fingerprint density at radius 3 is 2.46 bits per heavy atom. The second-order valence-electron chi connectivity index (χ2n) is 3.15. The van der Waals surface area contributed by atoms with Gasteiger partial charge in [0.2, 0.25) is 0 Å². The Kier molecular flexibility index (Phi) is 4.02. The Bertz CT molecular complexity index is 165. The number of carbonyl (C=O) groups is 1. The number of ether oxygens (including phenoxy) is 1. The maximum atomic E-state index is 11.1. The summed E-state index contributed by atoms with van der Waals surface area (Å²) >= 11 is 0. The molecule has 4 nitrogen and oxygen atoms in total. The van der Waals surface area contributed by atoms with E-state index >= 15 is 0 Å². The van der Waals surface area contributed by atoms with Crippen molar-refractivity contribution in [3.05, 3.63) is 6.92 Å². The van der Waals surface area contributed by atoms with Crippen molar-refractivity contribution in [1.82, 2.24) is 9.80 Å². The smallest absolute Gasteiger partial charge is 0.409 e. The van der Waals surface area contributed by atoms with Crippen molar-refractivity contribution in [2.75, 3.05) is 39.8 Å². The van der Waals surface area contributed by atoms with Crippen molar-refractivity contribution in [2.45, 2.75) is 6.42 Å². The van der Waals surface area contributed by atoms with Crippen LogP contribution in [0.3, 0.4) is 0 Å². The van der Waals surface area contributed by atoms with E-state index in [1.165, 1.54) is 7.11 Å². The quantitative estimate of drug-likeness (QED) is 0.631. The molecule has 1 fully saturated rings. The summed E-state index contributed by atoms with van der Waals surface area (Å²) in [7, 11) is 1.42. The number of hydrogen-bond donors (Lipinski definition) is 0. The first kappa shape index (κ1) is 10.3. The number of rotatable bonds is 2. The van der Waals surface area contributed by atoms with Gasteiger partial charge in [-0.3, -0.25) is 4.90 Å². The molecule has 4 heteroatoms. The molecule has 0 saturated carbocycles. The number of piperazine rings is 1. The molecule has 1 radical (unpaired) electrons. The number of carbonyl (C=O) groups excluding carboxylic acids is 1. The summed E-state index contributed by atoms with van der Waals surface area (Å²) in [5.41, 5.74) is 0.